The Morgan fingerprint density at radius 3 is 2.22 bits per heavy atom. The predicted molar refractivity (Wildman–Crippen MR) is 100 cm³/mol. The Hall–Kier alpha value is -3.94. The molecule has 0 spiro atoms. The van der Waals surface area contributed by atoms with Crippen molar-refractivity contribution in [1.29, 1.82) is 0 Å². The third kappa shape index (κ3) is 4.37. The zero-order valence-electron chi connectivity index (χ0n) is 14.1. The van der Waals surface area contributed by atoms with E-state index in [1.165, 1.54) is 12.1 Å². The first-order valence-corrected chi connectivity index (χ1v) is 8.02. The van der Waals surface area contributed by atoms with Crippen molar-refractivity contribution in [2.75, 3.05) is 5.32 Å². The molecule has 0 aromatic heterocycles. The van der Waals surface area contributed by atoms with Crippen LogP contribution in [0.5, 0.6) is 11.5 Å². The van der Waals surface area contributed by atoms with Crippen LogP contribution in [-0.2, 0) is 6.54 Å². The van der Waals surface area contributed by atoms with Crippen LogP contribution in [-0.4, -0.2) is 9.85 Å². The minimum absolute atomic E-state index is 0.0576. The summed E-state index contributed by atoms with van der Waals surface area (Å²) < 4.78 is 5.72. The van der Waals surface area contributed by atoms with Gasteiger partial charge in [-0.2, -0.15) is 0 Å². The average molecular weight is 365 g/mol. The first kappa shape index (κ1) is 17.9. The Morgan fingerprint density at radius 1 is 0.815 bits per heavy atom. The third-order valence-electron chi connectivity index (χ3n) is 3.80. The van der Waals surface area contributed by atoms with Gasteiger partial charge in [-0.05, 0) is 24.3 Å². The highest BCUT2D eigenvalue weighted by molar-refractivity contribution is 5.55. The summed E-state index contributed by atoms with van der Waals surface area (Å²) in [5.41, 5.74) is 0.880. The van der Waals surface area contributed by atoms with Crippen LogP contribution < -0.4 is 10.1 Å². The number of nitro groups is 2. The third-order valence-corrected chi connectivity index (χ3v) is 3.80. The average Bonchev–Trinajstić information content (AvgIpc) is 2.68. The molecule has 0 saturated carbocycles. The molecule has 0 heterocycles. The maximum Gasteiger partial charge on any atom is 0.318 e. The van der Waals surface area contributed by atoms with E-state index in [1.54, 1.807) is 12.1 Å². The highest BCUT2D eigenvalue weighted by Gasteiger charge is 2.21. The SMILES string of the molecule is O=[N+]([O-])c1ccc(Oc2ccccc2CNc2ccccc2)c([N+](=O)[O-])c1. The summed E-state index contributed by atoms with van der Waals surface area (Å²) in [4.78, 5) is 20.7. The molecule has 8 nitrogen and oxygen atoms in total. The van der Waals surface area contributed by atoms with Gasteiger partial charge in [0.25, 0.3) is 5.69 Å². The number of hydrogen-bond donors (Lipinski definition) is 1. The molecule has 0 saturated heterocycles. The summed E-state index contributed by atoms with van der Waals surface area (Å²) in [6.45, 7) is 0.445. The first-order valence-electron chi connectivity index (χ1n) is 8.02. The predicted octanol–water partition coefficient (Wildman–Crippen LogP) is 4.91. The molecular weight excluding hydrogens is 350 g/mol. The van der Waals surface area contributed by atoms with Gasteiger partial charge in [-0.1, -0.05) is 36.4 Å². The topological polar surface area (TPSA) is 108 Å². The molecule has 0 aliphatic rings. The first-order chi connectivity index (χ1) is 13.0. The van der Waals surface area contributed by atoms with E-state index < -0.39 is 15.5 Å². The van der Waals surface area contributed by atoms with E-state index in [1.807, 2.05) is 42.5 Å². The van der Waals surface area contributed by atoms with E-state index in [9.17, 15) is 20.2 Å². The molecule has 0 aliphatic heterocycles. The summed E-state index contributed by atoms with van der Waals surface area (Å²) in [7, 11) is 0. The minimum atomic E-state index is -0.701. The molecule has 0 fully saturated rings. The van der Waals surface area contributed by atoms with Gasteiger partial charge in [-0.3, -0.25) is 20.2 Å². The maximum atomic E-state index is 11.3. The van der Waals surface area contributed by atoms with E-state index in [0.717, 1.165) is 17.3 Å². The molecule has 8 heteroatoms. The van der Waals surface area contributed by atoms with Crippen molar-refractivity contribution in [2.45, 2.75) is 6.54 Å². The Kier molecular flexibility index (Phi) is 5.27. The summed E-state index contributed by atoms with van der Waals surface area (Å²) >= 11 is 0. The number of anilines is 1. The lowest BCUT2D eigenvalue weighted by Crippen LogP contribution is -2.02. The number of nitrogens with one attached hydrogen (secondary N) is 1. The highest BCUT2D eigenvalue weighted by atomic mass is 16.6. The number of non-ortho nitro benzene ring substituents is 1. The lowest BCUT2D eigenvalue weighted by Gasteiger charge is -2.12. The van der Waals surface area contributed by atoms with Crippen LogP contribution in [0.2, 0.25) is 0 Å². The van der Waals surface area contributed by atoms with Gasteiger partial charge >= 0.3 is 5.69 Å². The number of ether oxygens (including phenoxy) is 1. The van der Waals surface area contributed by atoms with Gasteiger partial charge in [0.2, 0.25) is 5.75 Å². The lowest BCUT2D eigenvalue weighted by molar-refractivity contribution is -0.394. The Morgan fingerprint density at radius 2 is 1.52 bits per heavy atom. The van der Waals surface area contributed by atoms with Crippen LogP contribution in [0, 0.1) is 20.2 Å². The number of para-hydroxylation sites is 2. The fourth-order valence-corrected chi connectivity index (χ4v) is 2.47. The Labute approximate surface area is 154 Å². The molecule has 3 aromatic carbocycles. The number of hydrogen-bond acceptors (Lipinski definition) is 6. The van der Waals surface area contributed by atoms with E-state index in [2.05, 4.69) is 5.32 Å². The second kappa shape index (κ2) is 7.96. The van der Waals surface area contributed by atoms with Crippen LogP contribution in [0.3, 0.4) is 0 Å². The van der Waals surface area contributed by atoms with Crippen molar-refractivity contribution in [3.8, 4) is 11.5 Å². The summed E-state index contributed by atoms with van der Waals surface area (Å²) in [5.74, 6) is 0.371. The van der Waals surface area contributed by atoms with Crippen molar-refractivity contribution in [3.63, 3.8) is 0 Å². The molecule has 0 unspecified atom stereocenters. The van der Waals surface area contributed by atoms with Crippen molar-refractivity contribution >= 4 is 17.1 Å². The molecule has 27 heavy (non-hydrogen) atoms. The molecule has 0 atom stereocenters. The van der Waals surface area contributed by atoms with Gasteiger partial charge in [0.15, 0.2) is 0 Å². The van der Waals surface area contributed by atoms with E-state index in [-0.39, 0.29) is 11.4 Å². The molecule has 0 bridgehead atoms. The minimum Gasteiger partial charge on any atom is -0.450 e. The van der Waals surface area contributed by atoms with Crippen LogP contribution in [0.1, 0.15) is 5.56 Å². The van der Waals surface area contributed by atoms with Crippen molar-refractivity contribution in [1.82, 2.24) is 0 Å². The molecular formula is C19H15N3O5. The van der Waals surface area contributed by atoms with Crippen LogP contribution in [0.15, 0.2) is 72.8 Å². The Bertz CT molecular complexity index is 976. The summed E-state index contributed by atoms with van der Waals surface area (Å²) in [5, 5.41) is 25.4. The molecule has 136 valence electrons. The lowest BCUT2D eigenvalue weighted by atomic mass is 10.2. The van der Waals surface area contributed by atoms with Crippen LogP contribution in [0.4, 0.5) is 17.1 Å². The van der Waals surface area contributed by atoms with Gasteiger partial charge in [0.1, 0.15) is 5.75 Å². The van der Waals surface area contributed by atoms with Gasteiger partial charge in [0.05, 0.1) is 15.9 Å². The monoisotopic (exact) mass is 365 g/mol. The normalized spacial score (nSPS) is 10.2. The van der Waals surface area contributed by atoms with Crippen molar-refractivity contribution in [2.24, 2.45) is 0 Å². The Balaban J connectivity index is 1.86. The molecule has 1 N–H and O–H groups in total. The van der Waals surface area contributed by atoms with Gasteiger partial charge in [-0.15, -0.1) is 0 Å². The van der Waals surface area contributed by atoms with Gasteiger partial charge in [0, 0.05) is 23.9 Å². The van der Waals surface area contributed by atoms with Crippen LogP contribution in [0.25, 0.3) is 0 Å². The maximum absolute atomic E-state index is 11.3. The molecule has 0 aliphatic carbocycles. The number of benzene rings is 3. The van der Waals surface area contributed by atoms with Gasteiger partial charge < -0.3 is 10.1 Å². The fourth-order valence-electron chi connectivity index (χ4n) is 2.47. The highest BCUT2D eigenvalue weighted by Crippen LogP contribution is 2.35. The van der Waals surface area contributed by atoms with Crippen LogP contribution >= 0.6 is 0 Å². The van der Waals surface area contributed by atoms with E-state index in [0.29, 0.717) is 12.3 Å². The van der Waals surface area contributed by atoms with E-state index >= 15 is 0 Å². The number of nitro benzene ring substituents is 2. The fraction of sp³-hybridized carbons (Fsp3) is 0.0526. The second-order valence-corrected chi connectivity index (χ2v) is 5.60. The van der Waals surface area contributed by atoms with E-state index in [4.69, 9.17) is 4.74 Å². The van der Waals surface area contributed by atoms with Crippen molar-refractivity contribution < 1.29 is 14.6 Å². The largest absolute Gasteiger partial charge is 0.450 e. The van der Waals surface area contributed by atoms with Crippen molar-refractivity contribution in [3.05, 3.63) is 98.6 Å². The number of rotatable bonds is 7. The molecule has 0 radical (unpaired) electrons. The summed E-state index contributed by atoms with van der Waals surface area (Å²) in [6.07, 6.45) is 0. The second-order valence-electron chi connectivity index (χ2n) is 5.60. The molecule has 3 aromatic rings. The van der Waals surface area contributed by atoms with Gasteiger partial charge in [-0.25, -0.2) is 0 Å². The summed E-state index contributed by atoms with van der Waals surface area (Å²) in [6, 6.07) is 20.0. The quantitative estimate of drug-likeness (QED) is 0.471. The number of nitrogens with zero attached hydrogens (tertiary/aromatic N) is 2. The smallest absolute Gasteiger partial charge is 0.318 e. The zero-order valence-corrected chi connectivity index (χ0v) is 14.1. The zero-order chi connectivity index (χ0) is 19.2. The molecule has 0 amide bonds. The molecule has 3 rings (SSSR count). The standard InChI is InChI=1S/C19H15N3O5/c23-21(24)16-10-11-19(17(12-16)22(25)26)27-18-9-5-4-6-14(18)13-20-15-7-2-1-3-8-15/h1-12,20H,13H2.